The fourth-order valence-electron chi connectivity index (χ4n) is 1.33. The third kappa shape index (κ3) is 2.94. The van der Waals surface area contributed by atoms with Gasteiger partial charge in [-0.1, -0.05) is 22.0 Å². The molecular weight excluding hydrogens is 284 g/mol. The summed E-state index contributed by atoms with van der Waals surface area (Å²) < 4.78 is 10.9. The maximum absolute atomic E-state index is 5.59. The van der Waals surface area contributed by atoms with E-state index in [1.807, 2.05) is 18.2 Å². The van der Waals surface area contributed by atoms with Gasteiger partial charge in [-0.15, -0.1) is 0 Å². The molecule has 0 bridgehead atoms. The molecule has 88 valence electrons. The van der Waals surface area contributed by atoms with Gasteiger partial charge in [0.25, 0.3) is 0 Å². The van der Waals surface area contributed by atoms with E-state index < -0.39 is 0 Å². The summed E-state index contributed by atoms with van der Waals surface area (Å²) in [6, 6.07) is 5.73. The first-order chi connectivity index (χ1) is 8.33. The number of nitrogens with zero attached hydrogens (tertiary/aromatic N) is 2. The second-order valence-corrected chi connectivity index (χ2v) is 3.83. The van der Waals surface area contributed by atoms with Crippen LogP contribution in [0.2, 0.25) is 0 Å². The molecule has 0 saturated carbocycles. The van der Waals surface area contributed by atoms with Crippen molar-refractivity contribution < 1.29 is 9.47 Å². The zero-order chi connectivity index (χ0) is 12.1. The monoisotopic (exact) mass is 294 g/mol. The smallest absolute Gasteiger partial charge is 0.238 e. The van der Waals surface area contributed by atoms with Gasteiger partial charge in [-0.25, -0.2) is 4.98 Å². The topological polar surface area (TPSA) is 44.2 Å². The maximum atomic E-state index is 5.59. The number of hydrogen-bond donors (Lipinski definition) is 0. The Morgan fingerprint density at radius 2 is 2.12 bits per heavy atom. The molecule has 2 aromatic rings. The van der Waals surface area contributed by atoms with Crippen LogP contribution in [-0.4, -0.2) is 17.1 Å². The average Bonchev–Trinajstić information content (AvgIpc) is 2.40. The third-order valence-electron chi connectivity index (χ3n) is 2.14. The van der Waals surface area contributed by atoms with Gasteiger partial charge in [0.2, 0.25) is 5.88 Å². The number of hydrogen-bond acceptors (Lipinski definition) is 4. The van der Waals surface area contributed by atoms with Crippen molar-refractivity contribution in [1.82, 2.24) is 9.97 Å². The van der Waals surface area contributed by atoms with Crippen LogP contribution in [-0.2, 0) is 5.33 Å². The summed E-state index contributed by atoms with van der Waals surface area (Å²) >= 11 is 3.39. The Bertz CT molecular complexity index is 491. The number of alkyl halides is 1. The minimum Gasteiger partial charge on any atom is -0.493 e. The zero-order valence-corrected chi connectivity index (χ0v) is 10.8. The molecule has 17 heavy (non-hydrogen) atoms. The zero-order valence-electron chi connectivity index (χ0n) is 9.26. The second-order valence-electron chi connectivity index (χ2n) is 3.26. The first-order valence-corrected chi connectivity index (χ1v) is 6.12. The van der Waals surface area contributed by atoms with E-state index in [4.69, 9.17) is 9.47 Å². The van der Waals surface area contributed by atoms with Crippen LogP contribution in [0.15, 0.2) is 36.8 Å². The molecule has 0 saturated heterocycles. The van der Waals surface area contributed by atoms with Gasteiger partial charge in [-0.3, -0.25) is 4.98 Å². The molecule has 0 aliphatic rings. The third-order valence-corrected chi connectivity index (χ3v) is 2.78. The summed E-state index contributed by atoms with van der Waals surface area (Å²) in [5.41, 5.74) is 1.12. The molecule has 1 aromatic carbocycles. The number of benzene rings is 1. The Morgan fingerprint density at radius 3 is 2.76 bits per heavy atom. The molecule has 2 rings (SSSR count). The number of halogens is 1. The molecule has 0 spiro atoms. The van der Waals surface area contributed by atoms with Crippen LogP contribution in [0.25, 0.3) is 0 Å². The van der Waals surface area contributed by atoms with Crippen molar-refractivity contribution in [2.45, 2.75) is 5.33 Å². The molecule has 0 N–H and O–H groups in total. The first kappa shape index (κ1) is 11.9. The van der Waals surface area contributed by atoms with Crippen molar-refractivity contribution in [1.29, 1.82) is 0 Å². The van der Waals surface area contributed by atoms with Gasteiger partial charge in [0.05, 0.1) is 13.3 Å². The molecule has 0 amide bonds. The van der Waals surface area contributed by atoms with Crippen LogP contribution < -0.4 is 9.47 Å². The molecule has 4 nitrogen and oxygen atoms in total. The van der Waals surface area contributed by atoms with Gasteiger partial charge in [0.15, 0.2) is 11.5 Å². The van der Waals surface area contributed by atoms with Crippen LogP contribution in [0.5, 0.6) is 17.4 Å². The van der Waals surface area contributed by atoms with E-state index in [0.717, 1.165) is 10.9 Å². The molecule has 1 aromatic heterocycles. The van der Waals surface area contributed by atoms with Crippen LogP contribution in [0.3, 0.4) is 0 Å². The van der Waals surface area contributed by atoms with Crippen LogP contribution in [0, 0.1) is 0 Å². The van der Waals surface area contributed by atoms with Crippen molar-refractivity contribution in [2.24, 2.45) is 0 Å². The largest absolute Gasteiger partial charge is 0.493 e. The predicted molar refractivity (Wildman–Crippen MR) is 67.7 cm³/mol. The Labute approximate surface area is 108 Å². The molecule has 0 aliphatic carbocycles. The lowest BCUT2D eigenvalue weighted by molar-refractivity contribution is 0.373. The minimum absolute atomic E-state index is 0.442. The lowest BCUT2D eigenvalue weighted by Crippen LogP contribution is -1.93. The summed E-state index contributed by atoms with van der Waals surface area (Å²) in [5, 5.41) is 0.773. The number of ether oxygens (including phenoxy) is 2. The quantitative estimate of drug-likeness (QED) is 0.813. The fraction of sp³-hybridized carbons (Fsp3) is 0.167. The van der Waals surface area contributed by atoms with Crippen molar-refractivity contribution in [3.05, 3.63) is 42.4 Å². The van der Waals surface area contributed by atoms with E-state index in [9.17, 15) is 0 Å². The van der Waals surface area contributed by atoms with Crippen molar-refractivity contribution in [3.63, 3.8) is 0 Å². The Balaban J connectivity index is 2.26. The number of aromatic nitrogens is 2. The first-order valence-electron chi connectivity index (χ1n) is 5.00. The minimum atomic E-state index is 0.442. The summed E-state index contributed by atoms with van der Waals surface area (Å²) in [6.07, 6.45) is 4.73. The summed E-state index contributed by atoms with van der Waals surface area (Å²) in [6.45, 7) is 0. The van der Waals surface area contributed by atoms with E-state index in [0.29, 0.717) is 17.4 Å². The molecule has 0 aliphatic heterocycles. The Hall–Kier alpha value is -1.62. The van der Waals surface area contributed by atoms with Crippen molar-refractivity contribution in [2.75, 3.05) is 7.11 Å². The highest BCUT2D eigenvalue weighted by Crippen LogP contribution is 2.31. The SMILES string of the molecule is COc1cc(CBr)ccc1Oc1cnccn1. The molecule has 0 fully saturated rings. The normalized spacial score (nSPS) is 10.0. The van der Waals surface area contributed by atoms with E-state index in [-0.39, 0.29) is 0 Å². The average molecular weight is 295 g/mol. The van der Waals surface area contributed by atoms with Gasteiger partial charge in [0, 0.05) is 17.7 Å². The highest BCUT2D eigenvalue weighted by molar-refractivity contribution is 9.08. The van der Waals surface area contributed by atoms with Gasteiger partial charge < -0.3 is 9.47 Å². The number of methoxy groups -OCH3 is 1. The lowest BCUT2D eigenvalue weighted by atomic mass is 10.2. The van der Waals surface area contributed by atoms with Crippen LogP contribution in [0.1, 0.15) is 5.56 Å². The van der Waals surface area contributed by atoms with E-state index >= 15 is 0 Å². The van der Waals surface area contributed by atoms with E-state index in [2.05, 4.69) is 25.9 Å². The standard InChI is InChI=1S/C12H11BrN2O2/c1-16-11-6-9(7-13)2-3-10(11)17-12-8-14-4-5-15-12/h2-6,8H,7H2,1H3. The number of rotatable bonds is 4. The van der Waals surface area contributed by atoms with E-state index in [1.54, 1.807) is 25.7 Å². The van der Waals surface area contributed by atoms with Gasteiger partial charge in [0.1, 0.15) is 0 Å². The molecule has 0 atom stereocenters. The van der Waals surface area contributed by atoms with Gasteiger partial charge >= 0.3 is 0 Å². The van der Waals surface area contributed by atoms with Gasteiger partial charge in [-0.2, -0.15) is 0 Å². The maximum Gasteiger partial charge on any atom is 0.238 e. The lowest BCUT2D eigenvalue weighted by Gasteiger charge is -2.10. The van der Waals surface area contributed by atoms with Crippen LogP contribution >= 0.6 is 15.9 Å². The molecule has 1 heterocycles. The molecule has 5 heteroatoms. The predicted octanol–water partition coefficient (Wildman–Crippen LogP) is 3.17. The Kier molecular flexibility index (Phi) is 3.93. The highest BCUT2D eigenvalue weighted by atomic mass is 79.9. The van der Waals surface area contributed by atoms with E-state index in [1.165, 1.54) is 0 Å². The highest BCUT2D eigenvalue weighted by Gasteiger charge is 2.07. The molecule has 0 radical (unpaired) electrons. The molecule has 0 unspecified atom stereocenters. The summed E-state index contributed by atoms with van der Waals surface area (Å²) in [4.78, 5) is 7.98. The summed E-state index contributed by atoms with van der Waals surface area (Å²) in [5.74, 6) is 1.74. The fourth-order valence-corrected chi connectivity index (χ4v) is 1.68. The van der Waals surface area contributed by atoms with Crippen molar-refractivity contribution in [3.8, 4) is 17.4 Å². The Morgan fingerprint density at radius 1 is 1.24 bits per heavy atom. The van der Waals surface area contributed by atoms with Crippen LogP contribution in [0.4, 0.5) is 0 Å². The van der Waals surface area contributed by atoms with Crippen molar-refractivity contribution >= 4 is 15.9 Å². The summed E-state index contributed by atoms with van der Waals surface area (Å²) in [7, 11) is 1.61. The van der Waals surface area contributed by atoms with Gasteiger partial charge in [-0.05, 0) is 17.7 Å². The second kappa shape index (κ2) is 5.63. The molecular formula is C12H11BrN2O2.